The summed E-state index contributed by atoms with van der Waals surface area (Å²) < 4.78 is 40.4. The lowest BCUT2D eigenvalue weighted by atomic mass is 9.38. The van der Waals surface area contributed by atoms with Gasteiger partial charge >= 0.3 is 20.9 Å². The number of hydrogen-bond donors (Lipinski definition) is 0. The molecule has 7 aromatic carbocycles. The highest BCUT2D eigenvalue weighted by Gasteiger charge is 2.57. The van der Waals surface area contributed by atoms with Crippen molar-refractivity contribution in [3.63, 3.8) is 0 Å². The third kappa shape index (κ3) is 6.09. The molecule has 0 bridgehead atoms. The SMILES string of the molecule is [2H]C([2H])([2H])C1(C)c2ccccc2Oc2c(-c3ncnc(B4N(c5ccccc5)B(c5ccccc5)N(c5ccccc5)B(c5ccccc5)N4c4ccccc4)n3)cccc21. The van der Waals surface area contributed by atoms with Crippen molar-refractivity contribution in [3.8, 4) is 22.9 Å². The second-order valence-electron chi connectivity index (χ2n) is 14.7. The third-order valence-corrected chi connectivity index (χ3v) is 11.2. The van der Waals surface area contributed by atoms with Crippen LogP contribution in [0.5, 0.6) is 11.5 Å². The summed E-state index contributed by atoms with van der Waals surface area (Å²) in [4.78, 5) is 15.3. The molecule has 58 heavy (non-hydrogen) atoms. The van der Waals surface area contributed by atoms with E-state index in [-0.39, 0.29) is 14.0 Å². The molecule has 3 heterocycles. The summed E-state index contributed by atoms with van der Waals surface area (Å²) in [5, 5.41) is 0. The molecule has 8 aromatic rings. The summed E-state index contributed by atoms with van der Waals surface area (Å²) in [6.45, 7) is -1.97. The Balaban J connectivity index is 1.25. The van der Waals surface area contributed by atoms with E-state index in [2.05, 4.69) is 135 Å². The Bertz CT molecular complexity index is 2710. The van der Waals surface area contributed by atoms with Crippen molar-refractivity contribution in [2.75, 3.05) is 14.2 Å². The van der Waals surface area contributed by atoms with Gasteiger partial charge in [0.25, 0.3) is 0 Å². The summed E-state index contributed by atoms with van der Waals surface area (Å²) >= 11 is 0. The van der Waals surface area contributed by atoms with Crippen LogP contribution in [-0.2, 0) is 5.41 Å². The van der Waals surface area contributed by atoms with E-state index in [1.807, 2.05) is 72.8 Å². The van der Waals surface area contributed by atoms with Crippen LogP contribution in [0.1, 0.15) is 29.0 Å². The summed E-state index contributed by atoms with van der Waals surface area (Å²) in [7, 11) is 0. The first-order valence-electron chi connectivity index (χ1n) is 21.0. The molecule has 1 fully saturated rings. The molecule has 0 amide bonds. The average molecular weight is 751 g/mol. The quantitative estimate of drug-likeness (QED) is 0.153. The number of hydrogen-bond acceptors (Lipinski definition) is 7. The van der Waals surface area contributed by atoms with E-state index in [1.165, 1.54) is 0 Å². The maximum Gasteiger partial charge on any atom is 0.430 e. The normalized spacial score (nSPS) is 17.1. The van der Waals surface area contributed by atoms with Crippen molar-refractivity contribution >= 4 is 54.7 Å². The zero-order valence-electron chi connectivity index (χ0n) is 34.9. The van der Waals surface area contributed by atoms with E-state index in [0.29, 0.717) is 39.7 Å². The average Bonchev–Trinajstić information content (AvgIpc) is 3.31. The fourth-order valence-corrected chi connectivity index (χ4v) is 8.60. The Kier molecular flexibility index (Phi) is 8.18. The molecule has 7 nitrogen and oxygen atoms in total. The summed E-state index contributed by atoms with van der Waals surface area (Å²) in [6.07, 6.45) is 1.56. The molecule has 2 aliphatic rings. The van der Waals surface area contributed by atoms with Crippen LogP contribution in [0.2, 0.25) is 0 Å². The van der Waals surface area contributed by atoms with Gasteiger partial charge in [0.2, 0.25) is 0 Å². The highest BCUT2D eigenvalue weighted by molar-refractivity contribution is 7.14. The molecule has 0 saturated carbocycles. The predicted molar refractivity (Wildman–Crippen MR) is 240 cm³/mol. The van der Waals surface area contributed by atoms with Gasteiger partial charge in [-0.1, -0.05) is 159 Å². The van der Waals surface area contributed by atoms with Crippen molar-refractivity contribution in [2.45, 2.75) is 19.2 Å². The summed E-state index contributed by atoms with van der Waals surface area (Å²) in [5.74, 6) is 1.28. The monoisotopic (exact) mass is 751 g/mol. The second kappa shape index (κ2) is 14.8. The highest BCUT2D eigenvalue weighted by atomic mass is 16.5. The van der Waals surface area contributed by atoms with Gasteiger partial charge in [0, 0.05) is 37.7 Å². The Morgan fingerprint density at radius 1 is 0.500 bits per heavy atom. The molecular formula is C48H39B3N6O. The van der Waals surface area contributed by atoms with Crippen LogP contribution in [0.15, 0.2) is 200 Å². The molecule has 0 spiro atoms. The largest absolute Gasteiger partial charge is 0.456 e. The lowest BCUT2D eigenvalue weighted by Gasteiger charge is -2.56. The molecule has 2 aliphatic heterocycles. The number of ether oxygens (including phenoxy) is 1. The lowest BCUT2D eigenvalue weighted by molar-refractivity contribution is 0.419. The van der Waals surface area contributed by atoms with E-state index < -0.39 is 19.2 Å². The van der Waals surface area contributed by atoms with Gasteiger partial charge < -0.3 is 18.9 Å². The van der Waals surface area contributed by atoms with E-state index >= 15 is 0 Å². The van der Waals surface area contributed by atoms with Crippen LogP contribution in [0.3, 0.4) is 0 Å². The van der Waals surface area contributed by atoms with Crippen LogP contribution in [0, 0.1) is 0 Å². The number of anilines is 3. The Labute approximate surface area is 345 Å². The van der Waals surface area contributed by atoms with Gasteiger partial charge in [-0.2, -0.15) is 0 Å². The molecule has 0 aliphatic carbocycles. The lowest BCUT2D eigenvalue weighted by Crippen LogP contribution is -2.87. The van der Waals surface area contributed by atoms with E-state index in [4.69, 9.17) is 23.8 Å². The van der Waals surface area contributed by atoms with Gasteiger partial charge in [-0.3, -0.25) is 0 Å². The molecule has 276 valence electrons. The number of aromatic nitrogens is 3. The van der Waals surface area contributed by atoms with Crippen LogP contribution in [-0.4, -0.2) is 35.9 Å². The van der Waals surface area contributed by atoms with Gasteiger partial charge in [0.1, 0.15) is 23.6 Å². The predicted octanol–water partition coefficient (Wildman–Crippen LogP) is 7.99. The number of nitrogens with zero attached hydrogens (tertiary/aromatic N) is 6. The standard InChI is InChI=1S/C48H39B3N6O/c1-48(2)42-32-18-19-34-44(42)58-45-41(31-20-33-43(45)48)46-52-35-53-47(54-46)51-56(39-27-14-6-15-28-39)49(36-21-8-3-9-22-36)55(38-25-12-5-13-26-38)50(37-23-10-4-11-24-37)57(51)40-29-16-7-17-30-40/h3-35H,1-2H3/i1D3. The summed E-state index contributed by atoms with van der Waals surface area (Å²) in [5.41, 5.74) is 5.99. The molecule has 1 atom stereocenters. The van der Waals surface area contributed by atoms with Crippen molar-refractivity contribution in [2.24, 2.45) is 0 Å². The van der Waals surface area contributed by atoms with Crippen molar-refractivity contribution in [1.82, 2.24) is 15.0 Å². The van der Waals surface area contributed by atoms with Gasteiger partial charge in [0.05, 0.1) is 5.56 Å². The molecule has 1 aromatic heterocycles. The maximum absolute atomic E-state index is 8.82. The number of fused-ring (bicyclic) bond motifs is 2. The Morgan fingerprint density at radius 2 is 0.966 bits per heavy atom. The van der Waals surface area contributed by atoms with Crippen LogP contribution in [0.4, 0.5) is 17.1 Å². The molecule has 10 rings (SSSR count). The zero-order valence-corrected chi connectivity index (χ0v) is 31.9. The van der Waals surface area contributed by atoms with E-state index in [1.54, 1.807) is 13.3 Å². The Hall–Kier alpha value is -7.06. The number of para-hydroxylation sites is 5. The first-order chi connectivity index (χ1) is 29.8. The minimum absolute atomic E-state index is 0.369. The van der Waals surface area contributed by atoms with Crippen LogP contribution >= 0.6 is 0 Å². The zero-order chi connectivity index (χ0) is 41.6. The van der Waals surface area contributed by atoms with Crippen molar-refractivity contribution in [1.29, 1.82) is 0 Å². The Morgan fingerprint density at radius 3 is 1.50 bits per heavy atom. The smallest absolute Gasteiger partial charge is 0.430 e. The molecule has 1 saturated heterocycles. The van der Waals surface area contributed by atoms with Crippen molar-refractivity contribution < 1.29 is 8.85 Å². The molecule has 10 heteroatoms. The van der Waals surface area contributed by atoms with Gasteiger partial charge in [-0.25, -0.2) is 15.0 Å². The number of benzene rings is 7. The minimum atomic E-state index is -2.39. The molecular weight excluding hydrogens is 709 g/mol. The first-order valence-corrected chi connectivity index (χ1v) is 19.5. The fourth-order valence-electron chi connectivity index (χ4n) is 8.60. The van der Waals surface area contributed by atoms with Gasteiger partial charge in [-0.15, -0.1) is 0 Å². The fraction of sp³-hybridized carbons (Fsp3) is 0.0625. The van der Waals surface area contributed by atoms with Gasteiger partial charge in [0.15, 0.2) is 5.82 Å². The highest BCUT2D eigenvalue weighted by Crippen LogP contribution is 2.50. The number of rotatable bonds is 7. The van der Waals surface area contributed by atoms with E-state index in [0.717, 1.165) is 28.0 Å². The maximum atomic E-state index is 8.82. The molecule has 0 radical (unpaired) electrons. The topological polar surface area (TPSA) is 57.6 Å². The second-order valence-corrected chi connectivity index (χ2v) is 14.7. The third-order valence-electron chi connectivity index (χ3n) is 11.2. The van der Waals surface area contributed by atoms with Crippen LogP contribution < -0.4 is 35.6 Å². The van der Waals surface area contributed by atoms with Crippen molar-refractivity contribution in [3.05, 3.63) is 212 Å². The summed E-state index contributed by atoms with van der Waals surface area (Å²) in [6, 6.07) is 65.5. The minimum Gasteiger partial charge on any atom is -0.456 e. The first kappa shape index (κ1) is 32.1. The molecule has 0 N–H and O–H groups in total. The van der Waals surface area contributed by atoms with E-state index in [9.17, 15) is 0 Å². The van der Waals surface area contributed by atoms with Gasteiger partial charge in [-0.05, 0) is 59.5 Å². The molecule has 1 unspecified atom stereocenters. The van der Waals surface area contributed by atoms with Crippen LogP contribution in [0.25, 0.3) is 11.4 Å².